The third-order valence-corrected chi connectivity index (χ3v) is 2.93. The first-order chi connectivity index (χ1) is 10.2. The normalized spacial score (nSPS) is 12.1. The molecule has 0 aliphatic rings. The van der Waals surface area contributed by atoms with Crippen LogP contribution in [0.4, 0.5) is 18.9 Å². The fraction of sp³-hybridized carbons (Fsp3) is 0.214. The lowest BCUT2D eigenvalue weighted by Crippen LogP contribution is -2.28. The van der Waals surface area contributed by atoms with Crippen LogP contribution in [0.25, 0.3) is 0 Å². The molecule has 1 amide bonds. The molecule has 0 aliphatic heterocycles. The van der Waals surface area contributed by atoms with Crippen LogP contribution >= 0.6 is 11.6 Å². The van der Waals surface area contributed by atoms with E-state index in [1.165, 1.54) is 12.1 Å². The minimum atomic E-state index is -4.69. The SMILES string of the molecule is C=CCC(=O)C(C#N)C(=O)Nc1ccc(Cl)c(C(F)(F)F)c1. The first kappa shape index (κ1) is 17.7. The maximum atomic E-state index is 12.7. The zero-order chi connectivity index (χ0) is 16.9. The standard InChI is InChI=1S/C14H10ClF3N2O2/c1-2-3-12(21)9(7-19)13(22)20-8-4-5-11(15)10(6-8)14(16,17)18/h2,4-6,9H,1,3H2,(H,20,22). The second-order valence-corrected chi connectivity index (χ2v) is 4.61. The molecule has 1 rings (SSSR count). The molecule has 0 spiro atoms. The number of rotatable bonds is 5. The molecule has 0 saturated heterocycles. The van der Waals surface area contributed by atoms with Gasteiger partial charge in [-0.15, -0.1) is 6.58 Å². The average Bonchev–Trinajstić information content (AvgIpc) is 2.40. The lowest BCUT2D eigenvalue weighted by atomic mass is 10.0. The Labute approximate surface area is 129 Å². The van der Waals surface area contributed by atoms with Gasteiger partial charge >= 0.3 is 6.18 Å². The highest BCUT2D eigenvalue weighted by atomic mass is 35.5. The molecule has 1 unspecified atom stereocenters. The number of benzene rings is 1. The van der Waals surface area contributed by atoms with Gasteiger partial charge in [-0.1, -0.05) is 17.7 Å². The molecule has 0 fully saturated rings. The van der Waals surface area contributed by atoms with Crippen LogP contribution in [0.15, 0.2) is 30.9 Å². The topological polar surface area (TPSA) is 70.0 Å². The molecule has 0 saturated carbocycles. The van der Waals surface area contributed by atoms with Crippen LogP contribution in [0, 0.1) is 17.2 Å². The third kappa shape index (κ3) is 4.33. The Balaban J connectivity index is 3.00. The van der Waals surface area contributed by atoms with Crippen molar-refractivity contribution in [3.63, 3.8) is 0 Å². The second-order valence-electron chi connectivity index (χ2n) is 4.20. The van der Waals surface area contributed by atoms with Crippen molar-refractivity contribution >= 4 is 29.0 Å². The quantitative estimate of drug-likeness (QED) is 0.662. The number of nitrogens with zero attached hydrogens (tertiary/aromatic N) is 1. The van der Waals surface area contributed by atoms with E-state index >= 15 is 0 Å². The first-order valence-electron chi connectivity index (χ1n) is 5.91. The summed E-state index contributed by atoms with van der Waals surface area (Å²) >= 11 is 5.45. The number of alkyl halides is 3. The summed E-state index contributed by atoms with van der Waals surface area (Å²) in [6.45, 7) is 3.31. The molecule has 0 aromatic heterocycles. The largest absolute Gasteiger partial charge is 0.417 e. The van der Waals surface area contributed by atoms with Crippen LogP contribution in [0.3, 0.4) is 0 Å². The Morgan fingerprint density at radius 1 is 1.45 bits per heavy atom. The van der Waals surface area contributed by atoms with E-state index < -0.39 is 34.4 Å². The molecule has 1 aromatic carbocycles. The first-order valence-corrected chi connectivity index (χ1v) is 6.29. The van der Waals surface area contributed by atoms with E-state index in [-0.39, 0.29) is 12.1 Å². The summed E-state index contributed by atoms with van der Waals surface area (Å²) in [6, 6.07) is 4.24. The molecular weight excluding hydrogens is 321 g/mol. The maximum absolute atomic E-state index is 12.7. The third-order valence-electron chi connectivity index (χ3n) is 2.60. The van der Waals surface area contributed by atoms with Crippen molar-refractivity contribution in [2.24, 2.45) is 5.92 Å². The van der Waals surface area contributed by atoms with E-state index in [4.69, 9.17) is 16.9 Å². The Morgan fingerprint density at radius 3 is 2.59 bits per heavy atom. The van der Waals surface area contributed by atoms with Gasteiger partial charge in [0.05, 0.1) is 16.7 Å². The molecule has 0 heterocycles. The minimum Gasteiger partial charge on any atom is -0.325 e. The zero-order valence-corrected chi connectivity index (χ0v) is 11.8. The molecule has 4 nitrogen and oxygen atoms in total. The number of carbonyl (C=O) groups excluding carboxylic acids is 2. The van der Waals surface area contributed by atoms with Gasteiger partial charge in [0.1, 0.15) is 0 Å². The number of nitriles is 1. The fourth-order valence-corrected chi connectivity index (χ4v) is 1.80. The second kappa shape index (κ2) is 7.09. The molecule has 1 N–H and O–H groups in total. The Kier molecular flexibility index (Phi) is 5.71. The molecule has 116 valence electrons. The molecule has 0 bridgehead atoms. The maximum Gasteiger partial charge on any atom is 0.417 e. The smallest absolute Gasteiger partial charge is 0.325 e. The number of allylic oxidation sites excluding steroid dienone is 1. The summed E-state index contributed by atoms with van der Waals surface area (Å²) in [5.74, 6) is -3.33. The number of ketones is 1. The number of halogens is 4. The number of carbonyl (C=O) groups is 2. The molecule has 22 heavy (non-hydrogen) atoms. The molecule has 8 heteroatoms. The Morgan fingerprint density at radius 2 is 2.09 bits per heavy atom. The van der Waals surface area contributed by atoms with Crippen molar-refractivity contribution in [1.82, 2.24) is 0 Å². The van der Waals surface area contributed by atoms with Crippen LogP contribution < -0.4 is 5.32 Å². The molecule has 0 aliphatic carbocycles. The van der Waals surface area contributed by atoms with Gasteiger partial charge in [0.2, 0.25) is 5.91 Å². The van der Waals surface area contributed by atoms with Crippen molar-refractivity contribution in [2.75, 3.05) is 5.32 Å². The fourth-order valence-electron chi connectivity index (χ4n) is 1.57. The number of anilines is 1. The molecular formula is C14H10ClF3N2O2. The van der Waals surface area contributed by atoms with Crippen molar-refractivity contribution in [3.05, 3.63) is 41.4 Å². The van der Waals surface area contributed by atoms with Crippen LogP contribution in [0.1, 0.15) is 12.0 Å². The van der Waals surface area contributed by atoms with Crippen molar-refractivity contribution in [1.29, 1.82) is 5.26 Å². The lowest BCUT2D eigenvalue weighted by Gasteiger charge is -2.13. The van der Waals surface area contributed by atoms with Crippen molar-refractivity contribution in [3.8, 4) is 6.07 Å². The van der Waals surface area contributed by atoms with Crippen molar-refractivity contribution in [2.45, 2.75) is 12.6 Å². The van der Waals surface area contributed by atoms with Gasteiger partial charge in [-0.3, -0.25) is 9.59 Å². The van der Waals surface area contributed by atoms with E-state index in [0.29, 0.717) is 6.07 Å². The summed E-state index contributed by atoms with van der Waals surface area (Å²) in [5.41, 5.74) is -1.34. The predicted molar refractivity (Wildman–Crippen MR) is 74.0 cm³/mol. The number of amides is 1. The van der Waals surface area contributed by atoms with E-state index in [2.05, 4.69) is 11.9 Å². The summed E-state index contributed by atoms with van der Waals surface area (Å²) < 4.78 is 38.1. The monoisotopic (exact) mass is 330 g/mol. The molecule has 0 radical (unpaired) electrons. The van der Waals surface area contributed by atoms with Gasteiger partial charge in [-0.25, -0.2) is 0 Å². The lowest BCUT2D eigenvalue weighted by molar-refractivity contribution is -0.137. The minimum absolute atomic E-state index is 0.194. The van der Waals surface area contributed by atoms with Crippen LogP contribution in [0.2, 0.25) is 5.02 Å². The summed E-state index contributed by atoms with van der Waals surface area (Å²) in [6.07, 6.45) is -3.66. The van der Waals surface area contributed by atoms with Crippen molar-refractivity contribution < 1.29 is 22.8 Å². The van der Waals surface area contributed by atoms with Gasteiger partial charge in [0.15, 0.2) is 11.7 Å². The molecule has 1 aromatic rings. The van der Waals surface area contributed by atoms with Gasteiger partial charge in [0.25, 0.3) is 0 Å². The van der Waals surface area contributed by atoms with Crippen LogP contribution in [0.5, 0.6) is 0 Å². The summed E-state index contributed by atoms with van der Waals surface area (Å²) in [4.78, 5) is 23.3. The summed E-state index contributed by atoms with van der Waals surface area (Å²) in [5, 5.41) is 10.4. The number of hydrogen-bond donors (Lipinski definition) is 1. The highest BCUT2D eigenvalue weighted by Gasteiger charge is 2.34. The van der Waals surface area contributed by atoms with Gasteiger partial charge in [0, 0.05) is 12.1 Å². The highest BCUT2D eigenvalue weighted by molar-refractivity contribution is 6.31. The van der Waals surface area contributed by atoms with Gasteiger partial charge < -0.3 is 5.32 Å². The van der Waals surface area contributed by atoms with Crippen LogP contribution in [-0.2, 0) is 15.8 Å². The number of nitrogens with one attached hydrogen (secondary N) is 1. The molecule has 1 atom stereocenters. The predicted octanol–water partition coefficient (Wildman–Crippen LogP) is 3.58. The number of hydrogen-bond acceptors (Lipinski definition) is 3. The van der Waals surface area contributed by atoms with E-state index in [1.807, 2.05) is 0 Å². The number of Topliss-reactive ketones (excluding diaryl/α,β-unsaturated/α-hetero) is 1. The van der Waals surface area contributed by atoms with E-state index in [9.17, 15) is 22.8 Å². The average molecular weight is 331 g/mol. The van der Waals surface area contributed by atoms with E-state index in [0.717, 1.165) is 12.1 Å². The zero-order valence-electron chi connectivity index (χ0n) is 11.1. The van der Waals surface area contributed by atoms with E-state index in [1.54, 1.807) is 0 Å². The highest BCUT2D eigenvalue weighted by Crippen LogP contribution is 2.36. The van der Waals surface area contributed by atoms with Gasteiger partial charge in [-0.05, 0) is 18.2 Å². The van der Waals surface area contributed by atoms with Gasteiger partial charge in [-0.2, -0.15) is 18.4 Å². The van der Waals surface area contributed by atoms with Crippen LogP contribution in [-0.4, -0.2) is 11.7 Å². The Hall–Kier alpha value is -2.33. The Bertz CT molecular complexity index is 650. The summed E-state index contributed by atoms with van der Waals surface area (Å²) in [7, 11) is 0.